The lowest BCUT2D eigenvalue weighted by Gasteiger charge is -2.18. The Balaban J connectivity index is 2.15. The Labute approximate surface area is 86.9 Å². The number of hydrogen-bond donors (Lipinski definition) is 1. The second-order valence-corrected chi connectivity index (χ2v) is 4.45. The molecule has 0 aromatic heterocycles. The molecule has 14 heavy (non-hydrogen) atoms. The molecule has 0 spiro atoms. The van der Waals surface area contributed by atoms with Gasteiger partial charge in [0.1, 0.15) is 0 Å². The first-order valence-electron chi connectivity index (χ1n) is 5.57. The molecule has 0 saturated heterocycles. The van der Waals surface area contributed by atoms with E-state index in [-0.39, 0.29) is 5.91 Å². The van der Waals surface area contributed by atoms with Gasteiger partial charge in [0.15, 0.2) is 0 Å². The molecule has 1 fully saturated rings. The summed E-state index contributed by atoms with van der Waals surface area (Å²) >= 11 is 0. The van der Waals surface area contributed by atoms with Crippen LogP contribution in [0.4, 0.5) is 0 Å². The molecule has 1 saturated carbocycles. The molecule has 3 heteroatoms. The van der Waals surface area contributed by atoms with Gasteiger partial charge in [-0.05, 0) is 18.8 Å². The van der Waals surface area contributed by atoms with Crippen LogP contribution < -0.4 is 5.32 Å². The van der Waals surface area contributed by atoms with Crippen molar-refractivity contribution in [3.8, 4) is 0 Å². The molecular weight excluding hydrogens is 176 g/mol. The van der Waals surface area contributed by atoms with E-state index in [1.165, 1.54) is 19.3 Å². The highest BCUT2D eigenvalue weighted by molar-refractivity contribution is 5.77. The molecule has 0 bridgehead atoms. The quantitative estimate of drug-likeness (QED) is 0.696. The fourth-order valence-corrected chi connectivity index (χ4v) is 1.54. The van der Waals surface area contributed by atoms with Crippen molar-refractivity contribution in [1.82, 2.24) is 10.2 Å². The number of rotatable bonds is 6. The van der Waals surface area contributed by atoms with Gasteiger partial charge in [0.25, 0.3) is 0 Å². The summed E-state index contributed by atoms with van der Waals surface area (Å²) in [5.74, 6) is 1.10. The average Bonchev–Trinajstić information content (AvgIpc) is 2.95. The van der Waals surface area contributed by atoms with E-state index in [0.717, 1.165) is 12.3 Å². The second-order valence-electron chi connectivity index (χ2n) is 4.45. The number of nitrogens with one attached hydrogen (secondary N) is 1. The fourth-order valence-electron chi connectivity index (χ4n) is 1.54. The van der Waals surface area contributed by atoms with Gasteiger partial charge in [0.2, 0.25) is 5.91 Å². The SMILES string of the molecule is CCC(CC1CC1)NCC(=O)N(C)C. The van der Waals surface area contributed by atoms with Crippen LogP contribution in [0.1, 0.15) is 32.6 Å². The van der Waals surface area contributed by atoms with Crippen LogP contribution in [0.3, 0.4) is 0 Å². The molecule has 82 valence electrons. The number of amides is 1. The Kier molecular flexibility index (Phi) is 4.39. The van der Waals surface area contributed by atoms with Crippen molar-refractivity contribution in [2.45, 2.75) is 38.6 Å². The minimum Gasteiger partial charge on any atom is -0.348 e. The predicted octanol–water partition coefficient (Wildman–Crippen LogP) is 1.24. The molecule has 1 aliphatic rings. The van der Waals surface area contributed by atoms with E-state index in [2.05, 4.69) is 12.2 Å². The molecule has 0 aromatic rings. The Morgan fingerprint density at radius 2 is 2.14 bits per heavy atom. The third-order valence-corrected chi connectivity index (χ3v) is 2.85. The lowest BCUT2D eigenvalue weighted by atomic mass is 10.1. The predicted molar refractivity (Wildman–Crippen MR) is 58.1 cm³/mol. The smallest absolute Gasteiger partial charge is 0.236 e. The van der Waals surface area contributed by atoms with E-state index in [0.29, 0.717) is 12.6 Å². The summed E-state index contributed by atoms with van der Waals surface area (Å²) in [5.41, 5.74) is 0. The highest BCUT2D eigenvalue weighted by Crippen LogP contribution is 2.33. The van der Waals surface area contributed by atoms with Crippen LogP contribution in [0, 0.1) is 5.92 Å². The number of nitrogens with zero attached hydrogens (tertiary/aromatic N) is 1. The molecule has 0 heterocycles. The standard InChI is InChI=1S/C11H22N2O/c1-4-10(7-9-5-6-9)12-8-11(14)13(2)3/h9-10,12H,4-8H2,1-3H3. The largest absolute Gasteiger partial charge is 0.348 e. The van der Waals surface area contributed by atoms with Crippen LogP contribution >= 0.6 is 0 Å². The normalized spacial score (nSPS) is 17.9. The summed E-state index contributed by atoms with van der Waals surface area (Å²) in [6, 6.07) is 0.534. The summed E-state index contributed by atoms with van der Waals surface area (Å²) < 4.78 is 0. The summed E-state index contributed by atoms with van der Waals surface area (Å²) in [6.07, 6.45) is 5.15. The molecule has 3 nitrogen and oxygen atoms in total. The minimum absolute atomic E-state index is 0.166. The number of hydrogen-bond acceptors (Lipinski definition) is 2. The maximum Gasteiger partial charge on any atom is 0.236 e. The van der Waals surface area contributed by atoms with Gasteiger partial charge < -0.3 is 10.2 Å². The highest BCUT2D eigenvalue weighted by Gasteiger charge is 2.24. The van der Waals surface area contributed by atoms with E-state index in [9.17, 15) is 4.79 Å². The van der Waals surface area contributed by atoms with Crippen molar-refractivity contribution in [2.75, 3.05) is 20.6 Å². The summed E-state index contributed by atoms with van der Waals surface area (Å²) in [4.78, 5) is 13.0. The molecule has 0 aromatic carbocycles. The van der Waals surface area contributed by atoms with Crippen molar-refractivity contribution >= 4 is 5.91 Å². The van der Waals surface area contributed by atoms with Crippen LogP contribution in [0.15, 0.2) is 0 Å². The van der Waals surface area contributed by atoms with Crippen LogP contribution in [0.5, 0.6) is 0 Å². The van der Waals surface area contributed by atoms with Crippen molar-refractivity contribution in [3.05, 3.63) is 0 Å². The first kappa shape index (κ1) is 11.5. The zero-order chi connectivity index (χ0) is 10.6. The van der Waals surface area contributed by atoms with Crippen LogP contribution in [-0.4, -0.2) is 37.5 Å². The molecule has 1 rings (SSSR count). The van der Waals surface area contributed by atoms with Gasteiger partial charge in [-0.2, -0.15) is 0 Å². The molecule has 1 amide bonds. The Morgan fingerprint density at radius 3 is 2.57 bits per heavy atom. The molecule has 1 unspecified atom stereocenters. The molecule has 1 atom stereocenters. The molecule has 0 radical (unpaired) electrons. The van der Waals surface area contributed by atoms with Gasteiger partial charge in [0.05, 0.1) is 6.54 Å². The summed E-state index contributed by atoms with van der Waals surface area (Å²) in [7, 11) is 3.59. The third kappa shape index (κ3) is 4.09. The maximum absolute atomic E-state index is 11.3. The monoisotopic (exact) mass is 198 g/mol. The first-order chi connectivity index (χ1) is 6.63. The zero-order valence-corrected chi connectivity index (χ0v) is 9.55. The van der Waals surface area contributed by atoms with Gasteiger partial charge in [-0.1, -0.05) is 19.8 Å². The van der Waals surface area contributed by atoms with E-state index in [1.807, 2.05) is 0 Å². The lowest BCUT2D eigenvalue weighted by Crippen LogP contribution is -2.38. The summed E-state index contributed by atoms with van der Waals surface area (Å²) in [6.45, 7) is 2.67. The van der Waals surface area contributed by atoms with Crippen LogP contribution in [-0.2, 0) is 4.79 Å². The first-order valence-corrected chi connectivity index (χ1v) is 5.57. The molecule has 0 aliphatic heterocycles. The van der Waals surface area contributed by atoms with Crippen LogP contribution in [0.25, 0.3) is 0 Å². The van der Waals surface area contributed by atoms with E-state index in [4.69, 9.17) is 0 Å². The van der Waals surface area contributed by atoms with E-state index >= 15 is 0 Å². The second kappa shape index (κ2) is 5.35. The molecule has 1 N–H and O–H groups in total. The van der Waals surface area contributed by atoms with Gasteiger partial charge in [-0.15, -0.1) is 0 Å². The topological polar surface area (TPSA) is 32.3 Å². The number of carbonyl (C=O) groups is 1. The van der Waals surface area contributed by atoms with Gasteiger partial charge >= 0.3 is 0 Å². The van der Waals surface area contributed by atoms with Crippen LogP contribution in [0.2, 0.25) is 0 Å². The average molecular weight is 198 g/mol. The number of likely N-dealkylation sites (N-methyl/N-ethyl adjacent to an activating group) is 1. The number of carbonyl (C=O) groups excluding carboxylic acids is 1. The van der Waals surface area contributed by atoms with Crippen molar-refractivity contribution < 1.29 is 4.79 Å². The zero-order valence-electron chi connectivity index (χ0n) is 9.55. The van der Waals surface area contributed by atoms with Gasteiger partial charge in [-0.3, -0.25) is 4.79 Å². The van der Waals surface area contributed by atoms with E-state index in [1.54, 1.807) is 19.0 Å². The van der Waals surface area contributed by atoms with Crippen molar-refractivity contribution in [3.63, 3.8) is 0 Å². The molecular formula is C11H22N2O. The molecule has 1 aliphatic carbocycles. The maximum atomic E-state index is 11.3. The fraction of sp³-hybridized carbons (Fsp3) is 0.909. The van der Waals surface area contributed by atoms with Gasteiger partial charge in [-0.25, -0.2) is 0 Å². The van der Waals surface area contributed by atoms with E-state index < -0.39 is 0 Å². The minimum atomic E-state index is 0.166. The lowest BCUT2D eigenvalue weighted by molar-refractivity contribution is -0.127. The highest BCUT2D eigenvalue weighted by atomic mass is 16.2. The summed E-state index contributed by atoms with van der Waals surface area (Å²) in [5, 5.41) is 3.33. The van der Waals surface area contributed by atoms with Gasteiger partial charge in [0, 0.05) is 20.1 Å². The Morgan fingerprint density at radius 1 is 1.50 bits per heavy atom. The Bertz CT molecular complexity index is 188. The third-order valence-electron chi connectivity index (χ3n) is 2.85. The Hall–Kier alpha value is -0.570. The van der Waals surface area contributed by atoms with Crippen molar-refractivity contribution in [1.29, 1.82) is 0 Å². The van der Waals surface area contributed by atoms with Crippen molar-refractivity contribution in [2.24, 2.45) is 5.92 Å².